The quantitative estimate of drug-likeness (QED) is 0.761. The van der Waals surface area contributed by atoms with Crippen molar-refractivity contribution in [2.24, 2.45) is 0 Å². The van der Waals surface area contributed by atoms with Crippen LogP contribution in [-0.4, -0.2) is 58.3 Å². The Bertz CT molecular complexity index is 1020. The third kappa shape index (κ3) is 5.02. The monoisotopic (exact) mass is 445 g/mol. The van der Waals surface area contributed by atoms with E-state index in [1.807, 2.05) is 18.2 Å². The number of anilines is 1. The second-order valence-electron chi connectivity index (χ2n) is 8.53. The van der Waals surface area contributed by atoms with Crippen LogP contribution in [0.3, 0.4) is 0 Å². The normalized spacial score (nSPS) is 22.4. The van der Waals surface area contributed by atoms with Crippen LogP contribution in [0, 0.1) is 0 Å². The maximum Gasteiger partial charge on any atom is 0.262 e. The molecule has 0 bridgehead atoms. The van der Waals surface area contributed by atoms with E-state index in [1.54, 1.807) is 12.1 Å². The number of nitrogens with one attached hydrogen (secondary N) is 1. The van der Waals surface area contributed by atoms with Gasteiger partial charge in [-0.1, -0.05) is 12.1 Å². The number of nitrogens with zero attached hydrogens (tertiary/aromatic N) is 2. The van der Waals surface area contributed by atoms with Crippen molar-refractivity contribution in [2.75, 3.05) is 38.6 Å². The topological polar surface area (TPSA) is 80.8 Å². The standard InChI is InChI=1S/C23H31N3O4S/c1-16-14-18(10-13-30-16)17-4-6-20(7-5-17)31(27,28)25-22-15-19-8-11-26(2)12-9-21(19)24-23(22)29-3/h4-7,15-16,18,25H,8-14H2,1-3H3. The summed E-state index contributed by atoms with van der Waals surface area (Å²) in [7, 11) is -0.162. The predicted molar refractivity (Wildman–Crippen MR) is 120 cm³/mol. The molecule has 1 aromatic carbocycles. The molecule has 4 rings (SSSR count). The van der Waals surface area contributed by atoms with Crippen molar-refractivity contribution in [3.63, 3.8) is 0 Å². The molecule has 0 aliphatic carbocycles. The number of sulfonamides is 1. The highest BCUT2D eigenvalue weighted by Gasteiger charge is 2.23. The molecule has 3 heterocycles. The molecule has 1 N–H and O–H groups in total. The Balaban J connectivity index is 1.56. The molecule has 1 fully saturated rings. The lowest BCUT2D eigenvalue weighted by molar-refractivity contribution is 0.0186. The van der Waals surface area contributed by atoms with Crippen LogP contribution in [0.5, 0.6) is 5.88 Å². The van der Waals surface area contributed by atoms with E-state index in [0.29, 0.717) is 17.5 Å². The maximum absolute atomic E-state index is 13.1. The van der Waals surface area contributed by atoms with Crippen molar-refractivity contribution in [3.05, 3.63) is 47.2 Å². The molecule has 7 nitrogen and oxygen atoms in total. The van der Waals surface area contributed by atoms with Gasteiger partial charge in [0.2, 0.25) is 5.88 Å². The van der Waals surface area contributed by atoms with E-state index < -0.39 is 10.0 Å². The zero-order valence-corrected chi connectivity index (χ0v) is 19.2. The summed E-state index contributed by atoms with van der Waals surface area (Å²) < 4.78 is 39.9. The van der Waals surface area contributed by atoms with E-state index in [-0.39, 0.29) is 11.0 Å². The first kappa shape index (κ1) is 22.0. The zero-order valence-electron chi connectivity index (χ0n) is 18.4. The summed E-state index contributed by atoms with van der Waals surface area (Å²) in [5.74, 6) is 0.708. The molecule has 168 valence electrons. The Morgan fingerprint density at radius 3 is 2.65 bits per heavy atom. The minimum absolute atomic E-state index is 0.230. The van der Waals surface area contributed by atoms with Crippen molar-refractivity contribution in [1.82, 2.24) is 9.88 Å². The molecule has 8 heteroatoms. The van der Waals surface area contributed by atoms with Gasteiger partial charge in [-0.15, -0.1) is 0 Å². The number of fused-ring (bicyclic) bond motifs is 1. The predicted octanol–water partition coefficient (Wildman–Crippen LogP) is 3.20. The van der Waals surface area contributed by atoms with Crippen LogP contribution in [-0.2, 0) is 27.6 Å². The molecule has 2 aromatic rings. The SMILES string of the molecule is COc1nc2c(cc1NS(=O)(=O)c1ccc(C3CCOC(C)C3)cc1)CCN(C)CC2. The van der Waals surface area contributed by atoms with Crippen molar-refractivity contribution in [1.29, 1.82) is 0 Å². The van der Waals surface area contributed by atoms with Crippen LogP contribution in [0.15, 0.2) is 35.2 Å². The lowest BCUT2D eigenvalue weighted by Gasteiger charge is -2.27. The fourth-order valence-electron chi connectivity index (χ4n) is 4.38. The highest BCUT2D eigenvalue weighted by atomic mass is 32.2. The summed E-state index contributed by atoms with van der Waals surface area (Å²) in [6, 6.07) is 9.06. The average molecular weight is 446 g/mol. The van der Waals surface area contributed by atoms with Gasteiger partial charge in [0.05, 0.1) is 18.1 Å². The summed E-state index contributed by atoms with van der Waals surface area (Å²) in [5.41, 5.74) is 3.57. The second-order valence-corrected chi connectivity index (χ2v) is 10.2. The first-order chi connectivity index (χ1) is 14.9. The lowest BCUT2D eigenvalue weighted by Crippen LogP contribution is -2.21. The summed E-state index contributed by atoms with van der Waals surface area (Å²) >= 11 is 0. The highest BCUT2D eigenvalue weighted by molar-refractivity contribution is 7.92. The molecule has 2 unspecified atom stereocenters. The smallest absolute Gasteiger partial charge is 0.262 e. The fourth-order valence-corrected chi connectivity index (χ4v) is 5.43. The van der Waals surface area contributed by atoms with Crippen LogP contribution in [0.2, 0.25) is 0 Å². The number of hydrogen-bond acceptors (Lipinski definition) is 6. The van der Waals surface area contributed by atoms with Crippen molar-refractivity contribution < 1.29 is 17.9 Å². The first-order valence-electron chi connectivity index (χ1n) is 10.9. The third-order valence-electron chi connectivity index (χ3n) is 6.23. The van der Waals surface area contributed by atoms with E-state index >= 15 is 0 Å². The number of rotatable bonds is 5. The lowest BCUT2D eigenvalue weighted by atomic mass is 9.89. The summed E-state index contributed by atoms with van der Waals surface area (Å²) in [4.78, 5) is 7.08. The van der Waals surface area contributed by atoms with Gasteiger partial charge in [0.25, 0.3) is 10.0 Å². The minimum atomic E-state index is -3.76. The number of pyridine rings is 1. The van der Waals surface area contributed by atoms with Crippen LogP contribution in [0.25, 0.3) is 0 Å². The van der Waals surface area contributed by atoms with Gasteiger partial charge in [-0.25, -0.2) is 13.4 Å². The van der Waals surface area contributed by atoms with Gasteiger partial charge >= 0.3 is 0 Å². The Morgan fingerprint density at radius 2 is 1.94 bits per heavy atom. The van der Waals surface area contributed by atoms with Gasteiger partial charge in [0.1, 0.15) is 5.69 Å². The molecular formula is C23H31N3O4S. The molecule has 0 radical (unpaired) electrons. The van der Waals surface area contributed by atoms with E-state index in [1.165, 1.54) is 7.11 Å². The van der Waals surface area contributed by atoms with E-state index in [2.05, 4.69) is 28.6 Å². The van der Waals surface area contributed by atoms with Gasteiger partial charge in [0.15, 0.2) is 0 Å². The van der Waals surface area contributed by atoms with Crippen molar-refractivity contribution >= 4 is 15.7 Å². The number of hydrogen-bond donors (Lipinski definition) is 1. The van der Waals surface area contributed by atoms with Gasteiger partial charge in [-0.3, -0.25) is 4.72 Å². The average Bonchev–Trinajstić information content (AvgIpc) is 2.94. The van der Waals surface area contributed by atoms with Crippen LogP contribution in [0.4, 0.5) is 5.69 Å². The molecule has 1 aromatic heterocycles. The molecule has 2 aliphatic rings. The zero-order chi connectivity index (χ0) is 22.0. The van der Waals surface area contributed by atoms with E-state index in [4.69, 9.17) is 9.47 Å². The molecule has 0 saturated carbocycles. The fraction of sp³-hybridized carbons (Fsp3) is 0.522. The summed E-state index contributed by atoms with van der Waals surface area (Å²) in [6.45, 7) is 4.66. The van der Waals surface area contributed by atoms with Gasteiger partial charge in [-0.2, -0.15) is 0 Å². The van der Waals surface area contributed by atoms with Gasteiger partial charge < -0.3 is 14.4 Å². The number of ether oxygens (including phenoxy) is 2. The Morgan fingerprint density at radius 1 is 1.19 bits per heavy atom. The first-order valence-corrected chi connectivity index (χ1v) is 12.3. The summed E-state index contributed by atoms with van der Waals surface area (Å²) in [6.07, 6.45) is 3.80. The van der Waals surface area contributed by atoms with Gasteiger partial charge in [0, 0.05) is 31.8 Å². The number of likely N-dealkylation sites (N-methyl/N-ethyl adjacent to an activating group) is 1. The van der Waals surface area contributed by atoms with Crippen molar-refractivity contribution in [3.8, 4) is 5.88 Å². The van der Waals surface area contributed by atoms with Crippen LogP contribution < -0.4 is 9.46 Å². The maximum atomic E-state index is 13.1. The van der Waals surface area contributed by atoms with Crippen molar-refractivity contribution in [2.45, 2.75) is 49.5 Å². The van der Waals surface area contributed by atoms with E-state index in [0.717, 1.165) is 62.2 Å². The molecule has 2 atom stereocenters. The second kappa shape index (κ2) is 9.14. The van der Waals surface area contributed by atoms with Crippen LogP contribution >= 0.6 is 0 Å². The summed E-state index contributed by atoms with van der Waals surface area (Å²) in [5, 5.41) is 0. The third-order valence-corrected chi connectivity index (χ3v) is 7.62. The minimum Gasteiger partial charge on any atom is -0.479 e. The van der Waals surface area contributed by atoms with E-state index in [9.17, 15) is 8.42 Å². The number of methoxy groups -OCH3 is 1. The molecule has 0 spiro atoms. The Kier molecular flexibility index (Phi) is 6.50. The molecule has 1 saturated heterocycles. The highest BCUT2D eigenvalue weighted by Crippen LogP contribution is 2.32. The Hall–Kier alpha value is -2.16. The van der Waals surface area contributed by atoms with Crippen LogP contribution in [0.1, 0.15) is 42.5 Å². The largest absolute Gasteiger partial charge is 0.479 e. The number of aromatic nitrogens is 1. The van der Waals surface area contributed by atoms with Gasteiger partial charge in [-0.05, 0) is 68.5 Å². The molecule has 0 amide bonds. The molecule has 2 aliphatic heterocycles. The molecular weight excluding hydrogens is 414 g/mol. The molecule has 31 heavy (non-hydrogen) atoms. The number of benzene rings is 1. The Labute approximate surface area is 184 Å².